The summed E-state index contributed by atoms with van der Waals surface area (Å²) in [6, 6.07) is 9.00. The lowest BCUT2D eigenvalue weighted by atomic mass is 10.3. The molecule has 21 heavy (non-hydrogen) atoms. The monoisotopic (exact) mass is 289 g/mol. The van der Waals surface area contributed by atoms with Crippen LogP contribution in [0.3, 0.4) is 0 Å². The van der Waals surface area contributed by atoms with Gasteiger partial charge >= 0.3 is 0 Å². The Balaban J connectivity index is 2.21. The van der Waals surface area contributed by atoms with E-state index in [2.05, 4.69) is 9.97 Å². The summed E-state index contributed by atoms with van der Waals surface area (Å²) in [5.74, 6) is 2.43. The molecular formula is C15H19N3O3. The molecule has 0 unspecified atom stereocenters. The third kappa shape index (κ3) is 4.32. The van der Waals surface area contributed by atoms with E-state index in [1.807, 2.05) is 31.2 Å². The van der Waals surface area contributed by atoms with Crippen molar-refractivity contribution in [1.82, 2.24) is 9.97 Å². The first-order chi connectivity index (χ1) is 10.2. The minimum Gasteiger partial charge on any atom is -0.490 e. The summed E-state index contributed by atoms with van der Waals surface area (Å²) in [6.07, 6.45) is 0.923. The second-order valence-corrected chi connectivity index (χ2v) is 4.38. The molecule has 0 saturated heterocycles. The van der Waals surface area contributed by atoms with E-state index in [0.717, 1.165) is 6.42 Å². The van der Waals surface area contributed by atoms with Gasteiger partial charge in [0.25, 0.3) is 0 Å². The van der Waals surface area contributed by atoms with Gasteiger partial charge < -0.3 is 19.9 Å². The second kappa shape index (κ2) is 7.44. The molecule has 6 nitrogen and oxygen atoms in total. The van der Waals surface area contributed by atoms with E-state index in [1.165, 1.54) is 0 Å². The van der Waals surface area contributed by atoms with Crippen molar-refractivity contribution in [3.8, 4) is 17.4 Å². The van der Waals surface area contributed by atoms with E-state index < -0.39 is 0 Å². The van der Waals surface area contributed by atoms with Gasteiger partial charge in [0.2, 0.25) is 5.88 Å². The molecule has 1 heterocycles. The van der Waals surface area contributed by atoms with Gasteiger partial charge in [-0.15, -0.1) is 0 Å². The van der Waals surface area contributed by atoms with Gasteiger partial charge in [-0.25, -0.2) is 4.98 Å². The standard InChI is InChI=1S/C15H19N3O3/c1-3-8-20-11-6-4-5-7-12(11)21-15-9-13(16)17-14(18-15)10-19-2/h4-7,9H,3,8,10H2,1-2H3,(H2,16,17,18). The van der Waals surface area contributed by atoms with Crippen LogP contribution in [0.15, 0.2) is 30.3 Å². The number of nitrogens with two attached hydrogens (primary N) is 1. The Morgan fingerprint density at radius 3 is 2.62 bits per heavy atom. The summed E-state index contributed by atoms with van der Waals surface area (Å²) < 4.78 is 16.4. The van der Waals surface area contributed by atoms with Crippen LogP contribution in [0.2, 0.25) is 0 Å². The minimum atomic E-state index is 0.273. The van der Waals surface area contributed by atoms with Crippen LogP contribution >= 0.6 is 0 Å². The molecule has 1 aromatic carbocycles. The highest BCUT2D eigenvalue weighted by Crippen LogP contribution is 2.31. The van der Waals surface area contributed by atoms with E-state index in [0.29, 0.717) is 35.6 Å². The number of methoxy groups -OCH3 is 1. The van der Waals surface area contributed by atoms with E-state index in [1.54, 1.807) is 13.2 Å². The molecule has 0 aliphatic rings. The number of para-hydroxylation sites is 2. The summed E-state index contributed by atoms with van der Waals surface area (Å²) in [4.78, 5) is 8.31. The van der Waals surface area contributed by atoms with Gasteiger partial charge in [0.1, 0.15) is 12.4 Å². The van der Waals surface area contributed by atoms with Crippen molar-refractivity contribution >= 4 is 5.82 Å². The van der Waals surface area contributed by atoms with E-state index >= 15 is 0 Å². The molecule has 2 rings (SSSR count). The smallest absolute Gasteiger partial charge is 0.224 e. The second-order valence-electron chi connectivity index (χ2n) is 4.38. The maximum absolute atomic E-state index is 5.76. The lowest BCUT2D eigenvalue weighted by molar-refractivity contribution is 0.177. The molecule has 0 atom stereocenters. The third-order valence-electron chi connectivity index (χ3n) is 2.57. The number of hydrogen-bond acceptors (Lipinski definition) is 6. The van der Waals surface area contributed by atoms with Crippen molar-refractivity contribution in [2.45, 2.75) is 20.0 Å². The van der Waals surface area contributed by atoms with E-state index in [9.17, 15) is 0 Å². The molecule has 0 aliphatic heterocycles. The lowest BCUT2D eigenvalue weighted by Crippen LogP contribution is -2.03. The molecule has 6 heteroatoms. The Morgan fingerprint density at radius 1 is 1.14 bits per heavy atom. The van der Waals surface area contributed by atoms with Crippen molar-refractivity contribution in [3.63, 3.8) is 0 Å². The summed E-state index contributed by atoms with van der Waals surface area (Å²) in [5, 5.41) is 0. The topological polar surface area (TPSA) is 79.5 Å². The molecule has 1 aromatic heterocycles. The molecule has 2 aromatic rings. The zero-order valence-electron chi connectivity index (χ0n) is 12.2. The fourth-order valence-electron chi connectivity index (χ4n) is 1.72. The van der Waals surface area contributed by atoms with Crippen molar-refractivity contribution in [2.24, 2.45) is 0 Å². The highest BCUT2D eigenvalue weighted by Gasteiger charge is 2.09. The SMILES string of the molecule is CCCOc1ccccc1Oc1cc(N)nc(COC)n1. The quantitative estimate of drug-likeness (QED) is 0.844. The van der Waals surface area contributed by atoms with Gasteiger partial charge in [-0.1, -0.05) is 19.1 Å². The molecular weight excluding hydrogens is 270 g/mol. The van der Waals surface area contributed by atoms with Crippen LogP contribution in [0.1, 0.15) is 19.2 Å². The number of nitrogen functional groups attached to an aromatic ring is 1. The number of anilines is 1. The third-order valence-corrected chi connectivity index (χ3v) is 2.57. The van der Waals surface area contributed by atoms with Crippen LogP contribution in [0.4, 0.5) is 5.82 Å². The summed E-state index contributed by atoms with van der Waals surface area (Å²) in [7, 11) is 1.57. The number of nitrogens with zero attached hydrogens (tertiary/aromatic N) is 2. The van der Waals surface area contributed by atoms with Gasteiger partial charge in [0.15, 0.2) is 17.3 Å². The maximum atomic E-state index is 5.76. The predicted molar refractivity (Wildman–Crippen MR) is 79.5 cm³/mol. The molecule has 2 N–H and O–H groups in total. The normalized spacial score (nSPS) is 10.4. The van der Waals surface area contributed by atoms with Crippen molar-refractivity contribution in [2.75, 3.05) is 19.5 Å². The molecule has 0 saturated carbocycles. The Morgan fingerprint density at radius 2 is 1.90 bits per heavy atom. The number of ether oxygens (including phenoxy) is 3. The highest BCUT2D eigenvalue weighted by atomic mass is 16.5. The van der Waals surface area contributed by atoms with Gasteiger partial charge in [0.05, 0.1) is 6.61 Å². The Kier molecular flexibility index (Phi) is 5.34. The van der Waals surface area contributed by atoms with Crippen LogP contribution in [0.25, 0.3) is 0 Å². The highest BCUT2D eigenvalue weighted by molar-refractivity contribution is 5.43. The number of rotatable bonds is 7. The molecule has 0 fully saturated rings. The first-order valence-electron chi connectivity index (χ1n) is 6.75. The Bertz CT molecular complexity index is 590. The molecule has 0 amide bonds. The van der Waals surface area contributed by atoms with Gasteiger partial charge in [-0.05, 0) is 18.6 Å². The van der Waals surface area contributed by atoms with Gasteiger partial charge in [0, 0.05) is 13.2 Å². The lowest BCUT2D eigenvalue weighted by Gasteiger charge is -2.12. The zero-order chi connectivity index (χ0) is 15.1. The first-order valence-corrected chi connectivity index (χ1v) is 6.75. The van der Waals surface area contributed by atoms with Crippen molar-refractivity contribution < 1.29 is 14.2 Å². The Labute approximate surface area is 123 Å². The largest absolute Gasteiger partial charge is 0.490 e. The van der Waals surface area contributed by atoms with Crippen LogP contribution in [0, 0.1) is 0 Å². The molecule has 0 radical (unpaired) electrons. The molecule has 0 bridgehead atoms. The number of benzene rings is 1. The van der Waals surface area contributed by atoms with Crippen molar-refractivity contribution in [3.05, 3.63) is 36.2 Å². The molecule has 112 valence electrons. The Hall–Kier alpha value is -2.34. The van der Waals surface area contributed by atoms with Gasteiger partial charge in [-0.3, -0.25) is 0 Å². The molecule has 0 spiro atoms. The predicted octanol–water partition coefficient (Wildman–Crippen LogP) is 2.79. The molecule has 0 aliphatic carbocycles. The van der Waals surface area contributed by atoms with Crippen LogP contribution in [-0.4, -0.2) is 23.7 Å². The van der Waals surface area contributed by atoms with Crippen LogP contribution in [0.5, 0.6) is 17.4 Å². The number of hydrogen-bond donors (Lipinski definition) is 1. The average molecular weight is 289 g/mol. The average Bonchev–Trinajstić information content (AvgIpc) is 2.46. The summed E-state index contributed by atoms with van der Waals surface area (Å²) in [5.41, 5.74) is 5.74. The van der Waals surface area contributed by atoms with Crippen molar-refractivity contribution in [1.29, 1.82) is 0 Å². The zero-order valence-corrected chi connectivity index (χ0v) is 12.2. The van der Waals surface area contributed by atoms with Crippen LogP contribution < -0.4 is 15.2 Å². The number of aromatic nitrogens is 2. The van der Waals surface area contributed by atoms with Gasteiger partial charge in [-0.2, -0.15) is 4.98 Å². The minimum absolute atomic E-state index is 0.273. The maximum Gasteiger partial charge on any atom is 0.224 e. The summed E-state index contributed by atoms with van der Waals surface area (Å²) >= 11 is 0. The summed E-state index contributed by atoms with van der Waals surface area (Å²) in [6.45, 7) is 2.95. The first kappa shape index (κ1) is 15.1. The fourth-order valence-corrected chi connectivity index (χ4v) is 1.72. The fraction of sp³-hybridized carbons (Fsp3) is 0.333. The van der Waals surface area contributed by atoms with Crippen LogP contribution in [-0.2, 0) is 11.3 Å². The van der Waals surface area contributed by atoms with E-state index in [-0.39, 0.29) is 6.61 Å². The van der Waals surface area contributed by atoms with E-state index in [4.69, 9.17) is 19.9 Å².